The van der Waals surface area contributed by atoms with Gasteiger partial charge in [-0.2, -0.15) is 0 Å². The molecule has 0 spiro atoms. The van der Waals surface area contributed by atoms with Crippen molar-refractivity contribution in [1.82, 2.24) is 0 Å². The van der Waals surface area contributed by atoms with E-state index in [2.05, 4.69) is 158 Å². The first-order valence-corrected chi connectivity index (χ1v) is 13.6. The summed E-state index contributed by atoms with van der Waals surface area (Å²) in [5.74, 6) is 0. The summed E-state index contributed by atoms with van der Waals surface area (Å²) in [6, 6.07) is 58.0. The third-order valence-electron chi connectivity index (χ3n) is 8.54. The van der Waals surface area contributed by atoms with Crippen LogP contribution in [0.25, 0.3) is 43.8 Å². The molecule has 0 aliphatic heterocycles. The van der Waals surface area contributed by atoms with Crippen molar-refractivity contribution in [3.63, 3.8) is 0 Å². The maximum Gasteiger partial charge on any atom is 0.0713 e. The van der Waals surface area contributed by atoms with E-state index in [1.165, 1.54) is 66.1 Å². The van der Waals surface area contributed by atoms with Gasteiger partial charge in [-0.3, -0.25) is 0 Å². The molecule has 0 heteroatoms. The Kier molecular flexibility index (Phi) is 4.84. The van der Waals surface area contributed by atoms with Crippen LogP contribution < -0.4 is 0 Å². The van der Waals surface area contributed by atoms with Crippen LogP contribution in [0.15, 0.2) is 158 Å². The van der Waals surface area contributed by atoms with Crippen molar-refractivity contribution in [2.24, 2.45) is 0 Å². The van der Waals surface area contributed by atoms with Gasteiger partial charge >= 0.3 is 0 Å². The van der Waals surface area contributed by atoms with E-state index >= 15 is 0 Å². The van der Waals surface area contributed by atoms with E-state index in [1.54, 1.807) is 0 Å². The average Bonchev–Trinajstić information content (AvgIpc) is 3.32. The maximum absolute atomic E-state index is 2.36. The Labute approximate surface area is 228 Å². The van der Waals surface area contributed by atoms with E-state index in [-0.39, 0.29) is 5.41 Å². The minimum absolute atomic E-state index is 0.367. The lowest BCUT2D eigenvalue weighted by Crippen LogP contribution is -2.28. The molecule has 1 aliphatic carbocycles. The molecule has 1 aliphatic rings. The molecule has 0 saturated heterocycles. The Balaban J connectivity index is 1.41. The average molecular weight is 495 g/mol. The van der Waals surface area contributed by atoms with Crippen LogP contribution in [0.2, 0.25) is 0 Å². The predicted molar refractivity (Wildman–Crippen MR) is 164 cm³/mol. The van der Waals surface area contributed by atoms with E-state index in [4.69, 9.17) is 0 Å². The van der Waals surface area contributed by atoms with Crippen molar-refractivity contribution < 1.29 is 0 Å². The molecule has 0 aromatic heterocycles. The van der Waals surface area contributed by atoms with E-state index in [0.29, 0.717) is 0 Å². The standard InChI is InChI=1S/C39H26/c1-2-14-30(15-3-1)39(36-20-10-8-18-34(36)35-19-9-11-21-37(35)39)31-24-22-27(23-25-31)38-32-16-6-4-12-28(32)26-29-13-5-7-17-33(29)38/h1-26H. The van der Waals surface area contributed by atoms with Crippen molar-refractivity contribution in [3.05, 3.63) is 180 Å². The molecule has 0 heterocycles. The van der Waals surface area contributed by atoms with E-state index in [1.807, 2.05) is 0 Å². The molecular weight excluding hydrogens is 468 g/mol. The first-order valence-electron chi connectivity index (χ1n) is 13.6. The zero-order valence-electron chi connectivity index (χ0n) is 21.5. The molecule has 7 aromatic carbocycles. The fourth-order valence-corrected chi connectivity index (χ4v) is 6.92. The third kappa shape index (κ3) is 3.12. The molecule has 7 aromatic rings. The second-order valence-electron chi connectivity index (χ2n) is 10.5. The maximum atomic E-state index is 2.36. The van der Waals surface area contributed by atoms with Crippen LogP contribution in [0.3, 0.4) is 0 Å². The van der Waals surface area contributed by atoms with Crippen molar-refractivity contribution in [1.29, 1.82) is 0 Å². The Morgan fingerprint density at radius 1 is 0.359 bits per heavy atom. The molecular formula is C39H26. The minimum atomic E-state index is -0.367. The van der Waals surface area contributed by atoms with E-state index < -0.39 is 0 Å². The summed E-state index contributed by atoms with van der Waals surface area (Å²) < 4.78 is 0. The minimum Gasteiger partial charge on any atom is -0.0622 e. The highest BCUT2D eigenvalue weighted by molar-refractivity contribution is 6.12. The fraction of sp³-hybridized carbons (Fsp3) is 0.0256. The Hall–Kier alpha value is -4.94. The molecule has 182 valence electrons. The molecule has 39 heavy (non-hydrogen) atoms. The van der Waals surface area contributed by atoms with E-state index in [0.717, 1.165) is 0 Å². The van der Waals surface area contributed by atoms with Gasteiger partial charge in [0.1, 0.15) is 0 Å². The molecule has 8 rings (SSSR count). The van der Waals surface area contributed by atoms with Crippen molar-refractivity contribution in [2.75, 3.05) is 0 Å². The summed E-state index contributed by atoms with van der Waals surface area (Å²) in [4.78, 5) is 0. The van der Waals surface area contributed by atoms with Gasteiger partial charge in [0.15, 0.2) is 0 Å². The van der Waals surface area contributed by atoms with Gasteiger partial charge in [0.25, 0.3) is 0 Å². The number of rotatable bonds is 3. The Morgan fingerprint density at radius 2 is 0.821 bits per heavy atom. The lowest BCUT2D eigenvalue weighted by atomic mass is 9.67. The number of hydrogen-bond donors (Lipinski definition) is 0. The van der Waals surface area contributed by atoms with Gasteiger partial charge < -0.3 is 0 Å². The zero-order valence-corrected chi connectivity index (χ0v) is 21.5. The summed E-state index contributed by atoms with van der Waals surface area (Å²) in [5, 5.41) is 5.13. The van der Waals surface area contributed by atoms with Crippen molar-refractivity contribution >= 4 is 21.5 Å². The molecule has 0 fully saturated rings. The van der Waals surface area contributed by atoms with Gasteiger partial charge in [-0.05, 0) is 72.1 Å². The fourth-order valence-electron chi connectivity index (χ4n) is 6.92. The molecule has 0 amide bonds. The number of benzene rings is 7. The first-order chi connectivity index (χ1) is 19.4. The lowest BCUT2D eigenvalue weighted by Gasteiger charge is -2.34. The zero-order chi connectivity index (χ0) is 25.8. The molecule has 0 bridgehead atoms. The van der Waals surface area contributed by atoms with Gasteiger partial charge in [0.05, 0.1) is 5.41 Å². The Bertz CT molecular complexity index is 1900. The van der Waals surface area contributed by atoms with Crippen LogP contribution in [0, 0.1) is 0 Å². The highest BCUT2D eigenvalue weighted by atomic mass is 14.5. The summed E-state index contributed by atoms with van der Waals surface area (Å²) >= 11 is 0. The predicted octanol–water partition coefficient (Wildman–Crippen LogP) is 10.0. The molecule has 0 atom stereocenters. The molecule has 0 radical (unpaired) electrons. The normalized spacial score (nSPS) is 13.3. The van der Waals surface area contributed by atoms with Crippen LogP contribution in [0.5, 0.6) is 0 Å². The topological polar surface area (TPSA) is 0 Å². The third-order valence-corrected chi connectivity index (χ3v) is 8.54. The highest BCUT2D eigenvalue weighted by Crippen LogP contribution is 2.56. The summed E-state index contributed by atoms with van der Waals surface area (Å²) in [6.45, 7) is 0. The molecule has 0 N–H and O–H groups in total. The number of hydrogen-bond acceptors (Lipinski definition) is 0. The van der Waals surface area contributed by atoms with Gasteiger partial charge in [0.2, 0.25) is 0 Å². The Morgan fingerprint density at radius 3 is 1.41 bits per heavy atom. The largest absolute Gasteiger partial charge is 0.0713 e. The van der Waals surface area contributed by atoms with Gasteiger partial charge in [-0.25, -0.2) is 0 Å². The van der Waals surface area contributed by atoms with Crippen LogP contribution in [-0.4, -0.2) is 0 Å². The van der Waals surface area contributed by atoms with E-state index in [9.17, 15) is 0 Å². The smallest absolute Gasteiger partial charge is 0.0622 e. The first kappa shape index (κ1) is 22.1. The van der Waals surface area contributed by atoms with Crippen molar-refractivity contribution in [2.45, 2.75) is 5.41 Å². The monoisotopic (exact) mass is 494 g/mol. The molecule has 0 nitrogen and oxygen atoms in total. The van der Waals surface area contributed by atoms with Gasteiger partial charge in [-0.1, -0.05) is 152 Å². The lowest BCUT2D eigenvalue weighted by molar-refractivity contribution is 0.768. The van der Waals surface area contributed by atoms with Crippen LogP contribution >= 0.6 is 0 Å². The SMILES string of the molecule is c1ccc(C2(c3ccc(-c4c5ccccc5cc5ccccc45)cc3)c3ccccc3-c3ccccc32)cc1. The summed E-state index contributed by atoms with van der Waals surface area (Å²) in [5.41, 5.74) is 10.1. The van der Waals surface area contributed by atoms with Crippen molar-refractivity contribution in [3.8, 4) is 22.3 Å². The van der Waals surface area contributed by atoms with Gasteiger partial charge in [0, 0.05) is 0 Å². The molecule has 0 unspecified atom stereocenters. The molecule has 0 saturated carbocycles. The summed E-state index contributed by atoms with van der Waals surface area (Å²) in [6.07, 6.45) is 0. The van der Waals surface area contributed by atoms with Crippen LogP contribution in [-0.2, 0) is 5.41 Å². The quantitative estimate of drug-likeness (QED) is 0.214. The second kappa shape index (κ2) is 8.55. The highest BCUT2D eigenvalue weighted by Gasteiger charge is 2.45. The van der Waals surface area contributed by atoms with Gasteiger partial charge in [-0.15, -0.1) is 0 Å². The van der Waals surface area contributed by atoms with Crippen LogP contribution in [0.4, 0.5) is 0 Å². The second-order valence-corrected chi connectivity index (χ2v) is 10.5. The number of fused-ring (bicyclic) bond motifs is 5. The summed E-state index contributed by atoms with van der Waals surface area (Å²) in [7, 11) is 0. The van der Waals surface area contributed by atoms with Crippen LogP contribution in [0.1, 0.15) is 22.3 Å².